The number of nitrogens with two attached hydrogens (primary N) is 1. The van der Waals surface area contributed by atoms with Crippen LogP contribution in [-0.2, 0) is 0 Å². The van der Waals surface area contributed by atoms with E-state index in [1.165, 1.54) is 0 Å². The van der Waals surface area contributed by atoms with Crippen LogP contribution in [0.2, 0.25) is 0 Å². The fourth-order valence-electron chi connectivity index (χ4n) is 1.24. The Morgan fingerprint density at radius 1 is 1.29 bits per heavy atom. The number of oxazole rings is 1. The molecule has 1 atom stereocenters. The summed E-state index contributed by atoms with van der Waals surface area (Å²) in [4.78, 5) is 4.29. The van der Waals surface area contributed by atoms with Gasteiger partial charge in [-0.15, -0.1) is 0 Å². The summed E-state index contributed by atoms with van der Waals surface area (Å²) in [7, 11) is 0. The van der Waals surface area contributed by atoms with E-state index >= 15 is 0 Å². The quantitative estimate of drug-likeness (QED) is 0.787. The van der Waals surface area contributed by atoms with E-state index < -0.39 is 0 Å². The molecule has 1 aromatic heterocycles. The number of nitrogens with zero attached hydrogens (tertiary/aromatic N) is 1. The van der Waals surface area contributed by atoms with Gasteiger partial charge in [-0.2, -0.15) is 0 Å². The Morgan fingerprint density at radius 2 is 2.00 bits per heavy atom. The van der Waals surface area contributed by atoms with E-state index in [2.05, 4.69) is 4.98 Å². The Labute approximate surface area is 82.6 Å². The molecule has 72 valence electrons. The van der Waals surface area contributed by atoms with Crippen molar-refractivity contribution >= 4 is 0 Å². The molecular weight excluding hydrogens is 176 g/mol. The first-order valence-corrected chi connectivity index (χ1v) is 4.54. The molecule has 0 spiro atoms. The zero-order valence-corrected chi connectivity index (χ0v) is 7.97. The van der Waals surface area contributed by atoms with Crippen LogP contribution in [0.25, 0.3) is 11.3 Å². The van der Waals surface area contributed by atoms with Gasteiger partial charge in [-0.05, 0) is 6.92 Å². The fraction of sp³-hybridized carbons (Fsp3) is 0.182. The number of hydrogen-bond acceptors (Lipinski definition) is 3. The smallest absolute Gasteiger partial charge is 0.211 e. The standard InChI is InChI=1S/C11H12N2O/c1-8(12)11-13-10(7-14-11)9-5-3-2-4-6-9/h2-8H,12H2,1H3/t8-/m1/s1. The van der Waals surface area contributed by atoms with E-state index in [-0.39, 0.29) is 6.04 Å². The molecule has 0 aliphatic heterocycles. The minimum absolute atomic E-state index is 0.160. The molecule has 2 rings (SSSR count). The first kappa shape index (κ1) is 8.97. The highest BCUT2D eigenvalue weighted by Gasteiger charge is 2.08. The van der Waals surface area contributed by atoms with Crippen LogP contribution in [0.5, 0.6) is 0 Å². The zero-order chi connectivity index (χ0) is 9.97. The molecule has 0 saturated carbocycles. The van der Waals surface area contributed by atoms with Gasteiger partial charge in [0.25, 0.3) is 0 Å². The summed E-state index contributed by atoms with van der Waals surface area (Å²) in [5.74, 6) is 0.573. The van der Waals surface area contributed by atoms with Crippen molar-refractivity contribution in [3.63, 3.8) is 0 Å². The molecule has 1 aromatic carbocycles. The molecule has 0 aliphatic carbocycles. The highest BCUT2D eigenvalue weighted by Crippen LogP contribution is 2.19. The van der Waals surface area contributed by atoms with Gasteiger partial charge >= 0.3 is 0 Å². The minimum Gasteiger partial charge on any atom is -0.447 e. The maximum Gasteiger partial charge on any atom is 0.211 e. The van der Waals surface area contributed by atoms with Gasteiger partial charge in [0.15, 0.2) is 0 Å². The van der Waals surface area contributed by atoms with Gasteiger partial charge < -0.3 is 10.2 Å². The van der Waals surface area contributed by atoms with Gasteiger partial charge in [-0.25, -0.2) is 4.98 Å². The SMILES string of the molecule is C[C@@H](N)c1nc(-c2ccccc2)co1. The van der Waals surface area contributed by atoms with Crippen LogP contribution in [0, 0.1) is 0 Å². The molecule has 3 nitrogen and oxygen atoms in total. The van der Waals surface area contributed by atoms with Crippen LogP contribution in [0.4, 0.5) is 0 Å². The Balaban J connectivity index is 2.34. The van der Waals surface area contributed by atoms with E-state index in [1.54, 1.807) is 6.26 Å². The number of aromatic nitrogens is 1. The molecule has 0 fully saturated rings. The average Bonchev–Trinajstić information content (AvgIpc) is 2.68. The van der Waals surface area contributed by atoms with Crippen molar-refractivity contribution in [3.8, 4) is 11.3 Å². The second-order valence-corrected chi connectivity index (χ2v) is 3.23. The highest BCUT2D eigenvalue weighted by atomic mass is 16.3. The molecule has 2 N–H and O–H groups in total. The molecule has 0 aliphatic rings. The number of rotatable bonds is 2. The van der Waals surface area contributed by atoms with Crippen LogP contribution in [0.15, 0.2) is 41.0 Å². The maximum absolute atomic E-state index is 5.65. The predicted octanol–water partition coefficient (Wildman–Crippen LogP) is 2.36. The van der Waals surface area contributed by atoms with Crippen molar-refractivity contribution in [2.45, 2.75) is 13.0 Å². The molecule has 0 radical (unpaired) electrons. The molecule has 2 aromatic rings. The molecular formula is C11H12N2O. The topological polar surface area (TPSA) is 52.0 Å². The van der Waals surface area contributed by atoms with Crippen molar-refractivity contribution in [1.82, 2.24) is 4.98 Å². The third-order valence-electron chi connectivity index (χ3n) is 1.98. The molecule has 1 heterocycles. The molecule has 14 heavy (non-hydrogen) atoms. The summed E-state index contributed by atoms with van der Waals surface area (Å²) >= 11 is 0. The van der Waals surface area contributed by atoms with E-state index in [4.69, 9.17) is 10.2 Å². The highest BCUT2D eigenvalue weighted by molar-refractivity contribution is 5.57. The van der Waals surface area contributed by atoms with Crippen molar-refractivity contribution in [1.29, 1.82) is 0 Å². The van der Waals surface area contributed by atoms with E-state index in [9.17, 15) is 0 Å². The Kier molecular flexibility index (Phi) is 2.33. The van der Waals surface area contributed by atoms with E-state index in [1.807, 2.05) is 37.3 Å². The minimum atomic E-state index is -0.160. The first-order valence-electron chi connectivity index (χ1n) is 4.54. The second kappa shape index (κ2) is 3.64. The Morgan fingerprint density at radius 3 is 2.57 bits per heavy atom. The largest absolute Gasteiger partial charge is 0.447 e. The summed E-state index contributed by atoms with van der Waals surface area (Å²) in [5.41, 5.74) is 7.52. The van der Waals surface area contributed by atoms with Gasteiger partial charge in [-0.1, -0.05) is 30.3 Å². The number of benzene rings is 1. The zero-order valence-electron chi connectivity index (χ0n) is 7.97. The summed E-state index contributed by atoms with van der Waals surface area (Å²) in [6.07, 6.45) is 1.63. The first-order chi connectivity index (χ1) is 6.77. The van der Waals surface area contributed by atoms with E-state index in [0.717, 1.165) is 11.3 Å². The normalized spacial score (nSPS) is 12.7. The molecule has 0 bridgehead atoms. The summed E-state index contributed by atoms with van der Waals surface area (Å²) in [5, 5.41) is 0. The van der Waals surface area contributed by atoms with Gasteiger partial charge in [0.05, 0.1) is 6.04 Å². The maximum atomic E-state index is 5.65. The van der Waals surface area contributed by atoms with Crippen LogP contribution in [0.3, 0.4) is 0 Å². The lowest BCUT2D eigenvalue weighted by Gasteiger charge is -1.95. The Bertz CT molecular complexity index is 406. The van der Waals surface area contributed by atoms with Crippen LogP contribution in [-0.4, -0.2) is 4.98 Å². The third-order valence-corrected chi connectivity index (χ3v) is 1.98. The predicted molar refractivity (Wildman–Crippen MR) is 54.5 cm³/mol. The molecule has 0 unspecified atom stereocenters. The van der Waals surface area contributed by atoms with E-state index in [0.29, 0.717) is 5.89 Å². The van der Waals surface area contributed by atoms with Gasteiger partial charge in [0.2, 0.25) is 5.89 Å². The summed E-state index contributed by atoms with van der Waals surface area (Å²) in [6, 6.07) is 9.72. The molecule has 0 saturated heterocycles. The van der Waals surface area contributed by atoms with Crippen molar-refractivity contribution in [2.75, 3.05) is 0 Å². The second-order valence-electron chi connectivity index (χ2n) is 3.23. The summed E-state index contributed by atoms with van der Waals surface area (Å²) in [6.45, 7) is 1.85. The molecule has 0 amide bonds. The average molecular weight is 188 g/mol. The van der Waals surface area contributed by atoms with Crippen molar-refractivity contribution < 1.29 is 4.42 Å². The monoisotopic (exact) mass is 188 g/mol. The lowest BCUT2D eigenvalue weighted by molar-refractivity contribution is 0.464. The summed E-state index contributed by atoms with van der Waals surface area (Å²) < 4.78 is 5.24. The van der Waals surface area contributed by atoms with Gasteiger partial charge in [0.1, 0.15) is 12.0 Å². The lowest BCUT2D eigenvalue weighted by atomic mass is 10.2. The van der Waals surface area contributed by atoms with Crippen molar-refractivity contribution in [2.24, 2.45) is 5.73 Å². The van der Waals surface area contributed by atoms with Crippen molar-refractivity contribution in [3.05, 3.63) is 42.5 Å². The van der Waals surface area contributed by atoms with Gasteiger partial charge in [-0.3, -0.25) is 0 Å². The molecule has 3 heteroatoms. The van der Waals surface area contributed by atoms with Gasteiger partial charge in [0, 0.05) is 5.56 Å². The third kappa shape index (κ3) is 1.67. The lowest BCUT2D eigenvalue weighted by Crippen LogP contribution is -2.04. The van der Waals surface area contributed by atoms with Crippen LogP contribution >= 0.6 is 0 Å². The van der Waals surface area contributed by atoms with Crippen LogP contribution in [0.1, 0.15) is 18.9 Å². The number of hydrogen-bond donors (Lipinski definition) is 1. The Hall–Kier alpha value is -1.61. The van der Waals surface area contributed by atoms with Crippen LogP contribution < -0.4 is 5.73 Å². The fourth-order valence-corrected chi connectivity index (χ4v) is 1.24.